The number of benzene rings is 2. The van der Waals surface area contributed by atoms with E-state index in [0.29, 0.717) is 12.5 Å². The molecule has 0 bridgehead atoms. The highest BCUT2D eigenvalue weighted by molar-refractivity contribution is 7.10. The molecule has 0 aliphatic heterocycles. The summed E-state index contributed by atoms with van der Waals surface area (Å²) in [5.74, 6) is 0.509. The smallest absolute Gasteiger partial charge is 0.234 e. The van der Waals surface area contributed by atoms with Gasteiger partial charge in [-0.25, -0.2) is 0 Å². The topological polar surface area (TPSA) is 41.1 Å². The highest BCUT2D eigenvalue weighted by Gasteiger charge is 2.16. The van der Waals surface area contributed by atoms with E-state index in [-0.39, 0.29) is 18.5 Å². The molecule has 0 spiro atoms. The van der Waals surface area contributed by atoms with Gasteiger partial charge in [-0.05, 0) is 34.1 Å². The van der Waals surface area contributed by atoms with Crippen LogP contribution in [0.15, 0.2) is 72.1 Å². The Morgan fingerprint density at radius 3 is 2.26 bits per heavy atom. The van der Waals surface area contributed by atoms with Crippen molar-refractivity contribution in [3.8, 4) is 0 Å². The largest absolute Gasteiger partial charge is 0.351 e. The normalized spacial score (nSPS) is 12.1. The Bertz CT molecular complexity index is 827. The van der Waals surface area contributed by atoms with Gasteiger partial charge < -0.3 is 5.32 Å². The van der Waals surface area contributed by atoms with Gasteiger partial charge in [0.15, 0.2) is 0 Å². The predicted molar refractivity (Wildman–Crippen MR) is 113 cm³/mol. The first kappa shape index (κ1) is 19.3. The quantitative estimate of drug-likeness (QED) is 0.587. The number of carbonyl (C=O) groups excluding carboxylic acids is 1. The van der Waals surface area contributed by atoms with Crippen LogP contribution < -0.4 is 10.6 Å². The van der Waals surface area contributed by atoms with E-state index in [1.807, 2.05) is 36.4 Å². The molecule has 1 amide bonds. The number of carbonyl (C=O) groups is 1. The van der Waals surface area contributed by atoms with Crippen LogP contribution in [0.2, 0.25) is 0 Å². The standard InChI is InChI=1S/C23H26N2OS/c1-17(2)19-10-12-20(13-11-19)23(21-9-6-14-27-21)25-16-22(26)24-15-18-7-4-3-5-8-18/h3-14,17,23,25H,15-16H2,1-2H3,(H,24,26)/t23-/m1/s1. The van der Waals surface area contributed by atoms with Gasteiger partial charge in [-0.1, -0.05) is 74.5 Å². The molecule has 140 valence electrons. The second-order valence-electron chi connectivity index (χ2n) is 6.91. The summed E-state index contributed by atoms with van der Waals surface area (Å²) in [5, 5.41) is 8.47. The lowest BCUT2D eigenvalue weighted by Crippen LogP contribution is -2.35. The third-order valence-electron chi connectivity index (χ3n) is 4.56. The molecule has 0 saturated heterocycles. The zero-order chi connectivity index (χ0) is 19.1. The maximum atomic E-state index is 12.3. The van der Waals surface area contributed by atoms with Crippen LogP contribution in [-0.2, 0) is 11.3 Å². The maximum Gasteiger partial charge on any atom is 0.234 e. The fourth-order valence-corrected chi connectivity index (χ4v) is 3.79. The zero-order valence-corrected chi connectivity index (χ0v) is 16.6. The molecule has 27 heavy (non-hydrogen) atoms. The minimum Gasteiger partial charge on any atom is -0.351 e. The number of thiophene rings is 1. The molecular formula is C23H26N2OS. The molecule has 2 aromatic carbocycles. The second kappa shape index (κ2) is 9.49. The van der Waals surface area contributed by atoms with Crippen LogP contribution in [0, 0.1) is 0 Å². The molecule has 0 aliphatic carbocycles. The summed E-state index contributed by atoms with van der Waals surface area (Å²) in [5.41, 5.74) is 3.60. The minimum atomic E-state index is -0.000732. The third kappa shape index (κ3) is 5.52. The Balaban J connectivity index is 1.63. The maximum absolute atomic E-state index is 12.3. The van der Waals surface area contributed by atoms with Gasteiger partial charge in [0.2, 0.25) is 5.91 Å². The van der Waals surface area contributed by atoms with Crippen molar-refractivity contribution in [2.24, 2.45) is 0 Å². The highest BCUT2D eigenvalue weighted by atomic mass is 32.1. The number of hydrogen-bond donors (Lipinski definition) is 2. The molecule has 2 N–H and O–H groups in total. The molecule has 1 heterocycles. The monoisotopic (exact) mass is 378 g/mol. The molecule has 0 saturated carbocycles. The van der Waals surface area contributed by atoms with E-state index in [9.17, 15) is 4.79 Å². The van der Waals surface area contributed by atoms with Gasteiger partial charge in [-0.15, -0.1) is 11.3 Å². The van der Waals surface area contributed by atoms with Gasteiger partial charge in [-0.2, -0.15) is 0 Å². The molecular weight excluding hydrogens is 352 g/mol. The molecule has 0 aliphatic rings. The summed E-state index contributed by atoms with van der Waals surface area (Å²) in [4.78, 5) is 13.5. The average molecular weight is 379 g/mol. The molecule has 4 heteroatoms. The third-order valence-corrected chi connectivity index (χ3v) is 5.50. The molecule has 1 aromatic heterocycles. The lowest BCUT2D eigenvalue weighted by Gasteiger charge is -2.19. The van der Waals surface area contributed by atoms with Crippen molar-refractivity contribution in [1.29, 1.82) is 0 Å². The predicted octanol–water partition coefficient (Wildman–Crippen LogP) is 4.87. The van der Waals surface area contributed by atoms with Gasteiger partial charge in [0.1, 0.15) is 0 Å². The second-order valence-corrected chi connectivity index (χ2v) is 7.89. The van der Waals surface area contributed by atoms with Crippen molar-refractivity contribution >= 4 is 17.2 Å². The Hall–Kier alpha value is -2.43. The van der Waals surface area contributed by atoms with Crippen molar-refractivity contribution < 1.29 is 4.79 Å². The first-order valence-corrected chi connectivity index (χ1v) is 10.2. The molecule has 0 unspecified atom stereocenters. The Labute approximate surface area is 165 Å². The van der Waals surface area contributed by atoms with Crippen LogP contribution in [0.3, 0.4) is 0 Å². The Morgan fingerprint density at radius 2 is 1.63 bits per heavy atom. The van der Waals surface area contributed by atoms with Crippen molar-refractivity contribution in [2.45, 2.75) is 32.4 Å². The highest BCUT2D eigenvalue weighted by Crippen LogP contribution is 2.27. The van der Waals surface area contributed by atoms with Crippen LogP contribution in [0.4, 0.5) is 0 Å². The van der Waals surface area contributed by atoms with E-state index >= 15 is 0 Å². The van der Waals surface area contributed by atoms with Crippen LogP contribution in [0.5, 0.6) is 0 Å². The fourth-order valence-electron chi connectivity index (χ4n) is 2.97. The Kier molecular flexibility index (Phi) is 6.80. The molecule has 1 atom stereocenters. The summed E-state index contributed by atoms with van der Waals surface area (Å²) >= 11 is 1.70. The van der Waals surface area contributed by atoms with Gasteiger partial charge in [-0.3, -0.25) is 10.1 Å². The van der Waals surface area contributed by atoms with Gasteiger partial charge >= 0.3 is 0 Å². The molecule has 3 aromatic rings. The van der Waals surface area contributed by atoms with Gasteiger partial charge in [0.25, 0.3) is 0 Å². The number of amides is 1. The Morgan fingerprint density at radius 1 is 0.926 bits per heavy atom. The van der Waals surface area contributed by atoms with Crippen LogP contribution in [0.1, 0.15) is 47.4 Å². The SMILES string of the molecule is CC(C)c1ccc([C@@H](NCC(=O)NCc2ccccc2)c2cccs2)cc1. The summed E-state index contributed by atoms with van der Waals surface area (Å²) in [6, 6.07) is 22.8. The lowest BCUT2D eigenvalue weighted by molar-refractivity contribution is -0.120. The first-order chi connectivity index (χ1) is 13.1. The van der Waals surface area contributed by atoms with E-state index in [1.54, 1.807) is 11.3 Å². The van der Waals surface area contributed by atoms with Crippen molar-refractivity contribution in [3.05, 3.63) is 93.7 Å². The summed E-state index contributed by atoms with van der Waals surface area (Å²) in [6.07, 6.45) is 0. The van der Waals surface area contributed by atoms with Crippen LogP contribution >= 0.6 is 11.3 Å². The van der Waals surface area contributed by atoms with Crippen molar-refractivity contribution in [1.82, 2.24) is 10.6 Å². The van der Waals surface area contributed by atoms with E-state index in [1.165, 1.54) is 16.0 Å². The molecule has 3 rings (SSSR count). The first-order valence-electron chi connectivity index (χ1n) is 9.30. The van der Waals surface area contributed by atoms with E-state index in [2.05, 4.69) is 60.2 Å². The number of rotatable bonds is 8. The van der Waals surface area contributed by atoms with Crippen molar-refractivity contribution in [2.75, 3.05) is 6.54 Å². The average Bonchev–Trinajstić information content (AvgIpc) is 3.22. The summed E-state index contributed by atoms with van der Waals surface area (Å²) < 4.78 is 0. The van der Waals surface area contributed by atoms with E-state index in [4.69, 9.17) is 0 Å². The van der Waals surface area contributed by atoms with Crippen LogP contribution in [0.25, 0.3) is 0 Å². The van der Waals surface area contributed by atoms with Gasteiger partial charge in [0, 0.05) is 11.4 Å². The van der Waals surface area contributed by atoms with E-state index < -0.39 is 0 Å². The molecule has 0 radical (unpaired) electrons. The number of nitrogens with one attached hydrogen (secondary N) is 2. The fraction of sp³-hybridized carbons (Fsp3) is 0.261. The van der Waals surface area contributed by atoms with Crippen LogP contribution in [-0.4, -0.2) is 12.5 Å². The zero-order valence-electron chi connectivity index (χ0n) is 15.8. The molecule has 3 nitrogen and oxygen atoms in total. The van der Waals surface area contributed by atoms with Crippen molar-refractivity contribution in [3.63, 3.8) is 0 Å². The summed E-state index contributed by atoms with van der Waals surface area (Å²) in [7, 11) is 0. The number of hydrogen-bond acceptors (Lipinski definition) is 3. The summed E-state index contributed by atoms with van der Waals surface area (Å²) in [6.45, 7) is 5.22. The van der Waals surface area contributed by atoms with Gasteiger partial charge in [0.05, 0.1) is 12.6 Å². The lowest BCUT2D eigenvalue weighted by atomic mass is 9.98. The van der Waals surface area contributed by atoms with E-state index in [0.717, 1.165) is 5.56 Å². The molecule has 0 fully saturated rings. The minimum absolute atomic E-state index is 0.000732.